The molecule has 1 aliphatic heterocycles. The summed E-state index contributed by atoms with van der Waals surface area (Å²) in [6.07, 6.45) is -1.31. The van der Waals surface area contributed by atoms with Gasteiger partial charge in [-0.05, 0) is 28.0 Å². The molecule has 3 rings (SSSR count). The van der Waals surface area contributed by atoms with E-state index in [1.54, 1.807) is 0 Å². The van der Waals surface area contributed by atoms with Gasteiger partial charge in [-0.2, -0.15) is 13.2 Å². The predicted octanol–water partition coefficient (Wildman–Crippen LogP) is 2.52. The first-order chi connectivity index (χ1) is 11.0. The van der Waals surface area contributed by atoms with Gasteiger partial charge in [-0.15, -0.1) is 5.10 Å². The zero-order valence-electron chi connectivity index (χ0n) is 12.4. The van der Waals surface area contributed by atoms with Crippen molar-refractivity contribution in [1.29, 1.82) is 0 Å². The third kappa shape index (κ3) is 4.16. The van der Waals surface area contributed by atoms with Crippen LogP contribution in [-0.2, 0) is 13.1 Å². The fraction of sp³-hybridized carbons (Fsp3) is 0.400. The van der Waals surface area contributed by atoms with Crippen molar-refractivity contribution in [2.24, 2.45) is 0 Å². The summed E-state index contributed by atoms with van der Waals surface area (Å²) in [4.78, 5) is 2.06. The molecule has 0 atom stereocenters. The molecule has 0 saturated heterocycles. The average molecular weight is 323 g/mol. The van der Waals surface area contributed by atoms with Crippen molar-refractivity contribution < 1.29 is 13.2 Å². The molecule has 2 heterocycles. The van der Waals surface area contributed by atoms with E-state index in [-0.39, 0.29) is 5.82 Å². The lowest BCUT2D eigenvalue weighted by Crippen LogP contribution is -2.31. The largest absolute Gasteiger partial charge is 0.408 e. The highest BCUT2D eigenvalue weighted by Crippen LogP contribution is 2.22. The Bertz CT molecular complexity index is 678. The number of hydrogen-bond donors (Lipinski definition) is 0. The first kappa shape index (κ1) is 15.7. The Morgan fingerprint density at radius 3 is 2.65 bits per heavy atom. The Hall–Kier alpha value is -2.22. The lowest BCUT2D eigenvalue weighted by atomic mass is 10.0. The van der Waals surface area contributed by atoms with E-state index in [1.807, 2.05) is 30.3 Å². The van der Waals surface area contributed by atoms with Crippen LogP contribution in [0.15, 0.2) is 36.4 Å². The van der Waals surface area contributed by atoms with Crippen LogP contribution in [-0.4, -0.2) is 44.4 Å². The fourth-order valence-electron chi connectivity index (χ4n) is 2.63. The smallest absolute Gasteiger partial charge is 0.291 e. The number of hydrogen-bond acceptors (Lipinski definition) is 4. The quantitative estimate of drug-likeness (QED) is 0.867. The second-order valence-corrected chi connectivity index (χ2v) is 5.46. The lowest BCUT2D eigenvalue weighted by molar-refractivity contribution is -0.143. The maximum atomic E-state index is 12.5. The molecule has 0 amide bonds. The molecule has 1 aliphatic rings. The van der Waals surface area contributed by atoms with Crippen molar-refractivity contribution in [1.82, 2.24) is 25.1 Å². The Labute approximate surface area is 131 Å². The zero-order chi connectivity index (χ0) is 16.3. The SMILES string of the molecule is FC(F)(F)Cn1nnnc1CN1CCC=C(c2ccccc2)C1. The zero-order valence-corrected chi connectivity index (χ0v) is 12.4. The minimum Gasteiger partial charge on any atom is -0.291 e. The van der Waals surface area contributed by atoms with Gasteiger partial charge in [-0.25, -0.2) is 4.68 Å². The van der Waals surface area contributed by atoms with E-state index >= 15 is 0 Å². The number of benzene rings is 1. The van der Waals surface area contributed by atoms with Crippen molar-refractivity contribution >= 4 is 5.57 Å². The summed E-state index contributed by atoms with van der Waals surface area (Å²) in [7, 11) is 0. The summed E-state index contributed by atoms with van der Waals surface area (Å²) in [5.41, 5.74) is 2.30. The number of tetrazole rings is 1. The molecule has 0 bridgehead atoms. The molecule has 0 radical (unpaired) electrons. The molecule has 0 N–H and O–H groups in total. The van der Waals surface area contributed by atoms with Gasteiger partial charge in [0, 0.05) is 13.1 Å². The Kier molecular flexibility index (Phi) is 4.42. The molecule has 0 spiro atoms. The van der Waals surface area contributed by atoms with Crippen LogP contribution in [0.3, 0.4) is 0 Å². The number of rotatable bonds is 4. The molecule has 23 heavy (non-hydrogen) atoms. The summed E-state index contributed by atoms with van der Waals surface area (Å²) < 4.78 is 38.4. The van der Waals surface area contributed by atoms with E-state index in [0.717, 1.165) is 23.2 Å². The van der Waals surface area contributed by atoms with Gasteiger partial charge in [0.15, 0.2) is 5.82 Å². The van der Waals surface area contributed by atoms with Crippen LogP contribution in [0.1, 0.15) is 17.8 Å². The molecule has 0 saturated carbocycles. The monoisotopic (exact) mass is 323 g/mol. The van der Waals surface area contributed by atoms with Crippen LogP contribution in [0.25, 0.3) is 5.57 Å². The molecular weight excluding hydrogens is 307 g/mol. The minimum atomic E-state index is -4.33. The van der Waals surface area contributed by atoms with E-state index in [2.05, 4.69) is 26.5 Å². The van der Waals surface area contributed by atoms with Crippen molar-refractivity contribution in [3.05, 3.63) is 47.8 Å². The fourth-order valence-corrected chi connectivity index (χ4v) is 2.63. The summed E-state index contributed by atoms with van der Waals surface area (Å²) >= 11 is 0. The molecule has 2 aromatic rings. The van der Waals surface area contributed by atoms with E-state index in [4.69, 9.17) is 0 Å². The third-order valence-electron chi connectivity index (χ3n) is 3.67. The Morgan fingerprint density at radius 2 is 1.91 bits per heavy atom. The van der Waals surface area contributed by atoms with Gasteiger partial charge in [0.2, 0.25) is 0 Å². The topological polar surface area (TPSA) is 46.8 Å². The summed E-state index contributed by atoms with van der Waals surface area (Å²) in [5.74, 6) is 0.233. The van der Waals surface area contributed by atoms with Crippen molar-refractivity contribution in [2.45, 2.75) is 25.7 Å². The van der Waals surface area contributed by atoms with E-state index < -0.39 is 12.7 Å². The molecule has 0 fully saturated rings. The summed E-state index contributed by atoms with van der Waals surface area (Å²) in [6, 6.07) is 9.96. The maximum Gasteiger partial charge on any atom is 0.408 e. The highest BCUT2D eigenvalue weighted by molar-refractivity contribution is 5.67. The van der Waals surface area contributed by atoms with Gasteiger partial charge in [-0.3, -0.25) is 4.90 Å². The number of nitrogens with zero attached hydrogens (tertiary/aromatic N) is 5. The first-order valence-corrected chi connectivity index (χ1v) is 7.30. The molecule has 0 aliphatic carbocycles. The number of aromatic nitrogens is 4. The summed E-state index contributed by atoms with van der Waals surface area (Å²) in [5, 5.41) is 10.5. The molecule has 8 heteroatoms. The predicted molar refractivity (Wildman–Crippen MR) is 78.2 cm³/mol. The van der Waals surface area contributed by atoms with Crippen LogP contribution >= 0.6 is 0 Å². The summed E-state index contributed by atoms with van der Waals surface area (Å²) in [6.45, 7) is 0.579. The third-order valence-corrected chi connectivity index (χ3v) is 3.67. The highest BCUT2D eigenvalue weighted by atomic mass is 19.4. The van der Waals surface area contributed by atoms with E-state index in [9.17, 15) is 13.2 Å². The molecular formula is C15H16F3N5. The molecule has 1 aromatic carbocycles. The van der Waals surface area contributed by atoms with Crippen molar-refractivity contribution in [3.8, 4) is 0 Å². The van der Waals surface area contributed by atoms with E-state index in [0.29, 0.717) is 13.1 Å². The Balaban J connectivity index is 1.68. The average Bonchev–Trinajstić information content (AvgIpc) is 2.93. The van der Waals surface area contributed by atoms with Gasteiger partial charge in [0.25, 0.3) is 0 Å². The van der Waals surface area contributed by atoms with Crippen LogP contribution in [0.4, 0.5) is 13.2 Å². The number of halogens is 3. The van der Waals surface area contributed by atoms with Crippen molar-refractivity contribution in [2.75, 3.05) is 13.1 Å². The Morgan fingerprint density at radius 1 is 1.13 bits per heavy atom. The standard InChI is InChI=1S/C15H16F3N5/c16-15(17,18)11-23-14(19-20-21-23)10-22-8-4-7-13(9-22)12-5-2-1-3-6-12/h1-3,5-7H,4,8-11H2. The number of alkyl halides is 3. The molecule has 5 nitrogen and oxygen atoms in total. The second-order valence-electron chi connectivity index (χ2n) is 5.46. The molecule has 122 valence electrons. The highest BCUT2D eigenvalue weighted by Gasteiger charge is 2.30. The lowest BCUT2D eigenvalue weighted by Gasteiger charge is -2.27. The van der Waals surface area contributed by atoms with Crippen LogP contribution in [0.5, 0.6) is 0 Å². The van der Waals surface area contributed by atoms with Crippen LogP contribution in [0, 0.1) is 0 Å². The first-order valence-electron chi connectivity index (χ1n) is 7.30. The maximum absolute atomic E-state index is 12.5. The van der Waals surface area contributed by atoms with Gasteiger partial charge >= 0.3 is 6.18 Å². The molecule has 0 unspecified atom stereocenters. The van der Waals surface area contributed by atoms with Gasteiger partial charge in [0.05, 0.1) is 6.54 Å². The van der Waals surface area contributed by atoms with Crippen LogP contribution in [0.2, 0.25) is 0 Å². The van der Waals surface area contributed by atoms with Crippen LogP contribution < -0.4 is 0 Å². The van der Waals surface area contributed by atoms with Crippen molar-refractivity contribution in [3.63, 3.8) is 0 Å². The van der Waals surface area contributed by atoms with Gasteiger partial charge < -0.3 is 0 Å². The van der Waals surface area contributed by atoms with Gasteiger partial charge in [0.1, 0.15) is 6.54 Å². The second kappa shape index (κ2) is 6.49. The van der Waals surface area contributed by atoms with E-state index in [1.165, 1.54) is 5.57 Å². The van der Waals surface area contributed by atoms with Gasteiger partial charge in [-0.1, -0.05) is 36.4 Å². The normalized spacial score (nSPS) is 16.4. The minimum absolute atomic E-state index is 0.233. The molecule has 1 aromatic heterocycles.